The van der Waals surface area contributed by atoms with E-state index in [1.165, 1.54) is 352 Å². The average molecular weight is 866 g/mol. The maximum atomic E-state index is 3.53. The Morgan fingerprint density at radius 1 is 0.140 bits per heavy atom. The van der Waals surface area contributed by atoms with E-state index in [1.807, 2.05) is 0 Å². The molecule has 57 heavy (non-hydrogen) atoms. The predicted octanol–water partition coefficient (Wildman–Crippen LogP) is 22.5. The van der Waals surface area contributed by atoms with Gasteiger partial charge in [0, 0.05) is 5.33 Å². The topological polar surface area (TPSA) is 0 Å². The van der Waals surface area contributed by atoms with E-state index in [4.69, 9.17) is 0 Å². The molecule has 0 rings (SSSR count). The van der Waals surface area contributed by atoms with Gasteiger partial charge in [0.05, 0.1) is 0 Å². The number of hydrogen-bond acceptors (Lipinski definition) is 0. The quantitative estimate of drug-likeness (QED) is 0.0422. The fraction of sp³-hybridized carbons (Fsp3) is 1.00. The molecule has 0 saturated heterocycles. The monoisotopic (exact) mass is 865 g/mol. The molecule has 0 nitrogen and oxygen atoms in total. The molecule has 0 aromatic rings. The van der Waals surface area contributed by atoms with Crippen molar-refractivity contribution in [2.45, 2.75) is 354 Å². The van der Waals surface area contributed by atoms with Crippen molar-refractivity contribution >= 4 is 15.9 Å². The van der Waals surface area contributed by atoms with Crippen LogP contribution in [0.25, 0.3) is 0 Å². The Kier molecular flexibility index (Phi) is 57.0. The van der Waals surface area contributed by atoms with Crippen LogP contribution in [0.1, 0.15) is 354 Å². The first-order valence-corrected chi connectivity index (χ1v) is 29.1. The molecule has 0 heterocycles. The highest BCUT2D eigenvalue weighted by Gasteiger charge is 1.99. The van der Waals surface area contributed by atoms with Gasteiger partial charge in [0.1, 0.15) is 0 Å². The van der Waals surface area contributed by atoms with Gasteiger partial charge in [-0.15, -0.1) is 0 Å². The van der Waals surface area contributed by atoms with Crippen LogP contribution in [0, 0.1) is 0 Å². The van der Waals surface area contributed by atoms with E-state index in [9.17, 15) is 0 Å². The fourth-order valence-corrected chi connectivity index (χ4v) is 9.76. The van der Waals surface area contributed by atoms with Gasteiger partial charge in [-0.1, -0.05) is 363 Å². The van der Waals surface area contributed by atoms with Gasteiger partial charge in [-0.3, -0.25) is 0 Å². The Morgan fingerprint density at radius 2 is 0.228 bits per heavy atom. The third-order valence-electron chi connectivity index (χ3n) is 13.5. The first-order chi connectivity index (χ1) is 28.4. The first-order valence-electron chi connectivity index (χ1n) is 28.0. The maximum absolute atomic E-state index is 3.53. The zero-order valence-corrected chi connectivity index (χ0v) is 41.9. The SMILES string of the molecule is CCCCCCCCCCCCCCCCCCCCCCCCCCCCCCCCCCCCCCCCCCCCCCCCCCCCCCCCBr. The number of hydrogen-bond donors (Lipinski definition) is 0. The lowest BCUT2D eigenvalue weighted by atomic mass is 10.0. The summed E-state index contributed by atoms with van der Waals surface area (Å²) in [5.74, 6) is 0. The number of rotatable bonds is 54. The van der Waals surface area contributed by atoms with Crippen LogP contribution in [0.2, 0.25) is 0 Å². The highest BCUT2D eigenvalue weighted by atomic mass is 79.9. The molecule has 0 N–H and O–H groups in total. The van der Waals surface area contributed by atoms with Crippen LogP contribution in [0.3, 0.4) is 0 Å². The van der Waals surface area contributed by atoms with Gasteiger partial charge in [-0.25, -0.2) is 0 Å². The van der Waals surface area contributed by atoms with Crippen LogP contribution in [0.4, 0.5) is 0 Å². The largest absolute Gasteiger partial charge is 0.0928 e. The molecule has 0 aromatic carbocycles. The zero-order valence-electron chi connectivity index (χ0n) is 40.3. The third kappa shape index (κ3) is 56.5. The van der Waals surface area contributed by atoms with Crippen molar-refractivity contribution in [3.05, 3.63) is 0 Å². The minimum atomic E-state index is 1.19. The zero-order chi connectivity index (χ0) is 40.9. The van der Waals surface area contributed by atoms with E-state index in [1.54, 1.807) is 0 Å². The molecule has 0 aliphatic heterocycles. The van der Waals surface area contributed by atoms with E-state index >= 15 is 0 Å². The molecule has 0 fully saturated rings. The molecule has 0 atom stereocenters. The summed E-state index contributed by atoms with van der Waals surface area (Å²) in [6.07, 6.45) is 80.2. The summed E-state index contributed by atoms with van der Waals surface area (Å²) in [4.78, 5) is 0. The van der Waals surface area contributed by atoms with Gasteiger partial charge in [0.25, 0.3) is 0 Å². The minimum absolute atomic E-state index is 1.19. The van der Waals surface area contributed by atoms with E-state index < -0.39 is 0 Å². The number of unbranched alkanes of at least 4 members (excludes halogenated alkanes) is 53. The van der Waals surface area contributed by atoms with Crippen LogP contribution in [0.5, 0.6) is 0 Å². The Hall–Kier alpha value is 0.480. The van der Waals surface area contributed by atoms with E-state index in [2.05, 4.69) is 22.9 Å². The molecule has 344 valence electrons. The van der Waals surface area contributed by atoms with Crippen molar-refractivity contribution in [3.63, 3.8) is 0 Å². The molecule has 0 aliphatic carbocycles. The van der Waals surface area contributed by atoms with E-state index in [0.717, 1.165) is 0 Å². The number of halogens is 1. The molecule has 0 aromatic heterocycles. The van der Waals surface area contributed by atoms with Crippen LogP contribution in [-0.2, 0) is 0 Å². The summed E-state index contributed by atoms with van der Waals surface area (Å²) < 4.78 is 0. The Morgan fingerprint density at radius 3 is 0.316 bits per heavy atom. The van der Waals surface area contributed by atoms with Crippen molar-refractivity contribution in [3.8, 4) is 0 Å². The summed E-state index contributed by atoms with van der Waals surface area (Å²) in [6.45, 7) is 2.31. The van der Waals surface area contributed by atoms with Crippen LogP contribution in [0.15, 0.2) is 0 Å². The summed E-state index contributed by atoms with van der Waals surface area (Å²) in [5.41, 5.74) is 0. The standard InChI is InChI=1S/C56H113Br/c1-2-3-4-5-6-7-8-9-10-11-12-13-14-15-16-17-18-19-20-21-22-23-24-25-26-27-28-29-30-31-32-33-34-35-36-37-38-39-40-41-42-43-44-45-46-47-48-49-50-51-52-53-54-55-56-57/h2-56H2,1H3. The molecular weight excluding hydrogens is 753 g/mol. The van der Waals surface area contributed by atoms with E-state index in [-0.39, 0.29) is 0 Å². The Balaban J connectivity index is 3.05. The first kappa shape index (κ1) is 57.5. The van der Waals surface area contributed by atoms with Gasteiger partial charge in [-0.2, -0.15) is 0 Å². The summed E-state index contributed by atoms with van der Waals surface area (Å²) >= 11 is 3.53. The molecule has 0 spiro atoms. The van der Waals surface area contributed by atoms with Gasteiger partial charge in [0.15, 0.2) is 0 Å². The molecule has 0 amide bonds. The second kappa shape index (κ2) is 56.5. The van der Waals surface area contributed by atoms with Crippen LogP contribution in [-0.4, -0.2) is 5.33 Å². The third-order valence-corrected chi connectivity index (χ3v) is 14.0. The Bertz CT molecular complexity index is 589. The van der Waals surface area contributed by atoms with Gasteiger partial charge < -0.3 is 0 Å². The fourth-order valence-electron chi connectivity index (χ4n) is 9.36. The second-order valence-corrected chi connectivity index (χ2v) is 20.2. The lowest BCUT2D eigenvalue weighted by Crippen LogP contribution is -1.85. The van der Waals surface area contributed by atoms with Gasteiger partial charge >= 0.3 is 0 Å². The lowest BCUT2D eigenvalue weighted by molar-refractivity contribution is 0.507. The van der Waals surface area contributed by atoms with Crippen molar-refractivity contribution in [1.82, 2.24) is 0 Å². The van der Waals surface area contributed by atoms with Gasteiger partial charge in [-0.05, 0) is 6.42 Å². The second-order valence-electron chi connectivity index (χ2n) is 19.4. The Labute approximate surface area is 373 Å². The minimum Gasteiger partial charge on any atom is -0.0928 e. The summed E-state index contributed by atoms with van der Waals surface area (Å²) in [7, 11) is 0. The molecule has 1 heteroatoms. The van der Waals surface area contributed by atoms with Crippen molar-refractivity contribution in [1.29, 1.82) is 0 Å². The normalized spacial score (nSPS) is 11.7. The van der Waals surface area contributed by atoms with Crippen molar-refractivity contribution < 1.29 is 0 Å². The maximum Gasteiger partial charge on any atom is 0.00313 e. The van der Waals surface area contributed by atoms with Crippen LogP contribution < -0.4 is 0 Å². The highest BCUT2D eigenvalue weighted by Crippen LogP contribution is 2.19. The molecule has 0 bridgehead atoms. The van der Waals surface area contributed by atoms with Crippen molar-refractivity contribution in [2.75, 3.05) is 5.33 Å². The summed E-state index contributed by atoms with van der Waals surface area (Å²) in [6, 6.07) is 0. The van der Waals surface area contributed by atoms with Crippen LogP contribution >= 0.6 is 15.9 Å². The number of alkyl halides is 1. The average Bonchev–Trinajstić information content (AvgIpc) is 3.22. The lowest BCUT2D eigenvalue weighted by Gasteiger charge is -2.05. The molecule has 0 saturated carbocycles. The predicted molar refractivity (Wildman–Crippen MR) is 269 cm³/mol. The molecule has 0 aliphatic rings. The highest BCUT2D eigenvalue weighted by molar-refractivity contribution is 9.09. The smallest absolute Gasteiger partial charge is 0.00313 e. The summed E-state index contributed by atoms with van der Waals surface area (Å²) in [5, 5.41) is 1.19. The van der Waals surface area contributed by atoms with Crippen molar-refractivity contribution in [2.24, 2.45) is 0 Å². The molecule has 0 unspecified atom stereocenters. The molecule has 0 radical (unpaired) electrons. The van der Waals surface area contributed by atoms with E-state index in [0.29, 0.717) is 0 Å². The molecular formula is C56H113Br. The van der Waals surface area contributed by atoms with Gasteiger partial charge in [0.2, 0.25) is 0 Å².